The Morgan fingerprint density at radius 1 is 1.21 bits per heavy atom. The molecule has 0 bridgehead atoms. The lowest BCUT2D eigenvalue weighted by atomic mass is 10.2. The Bertz CT molecular complexity index is 1090. The van der Waals surface area contributed by atoms with E-state index in [9.17, 15) is 27.6 Å². The molecule has 0 saturated heterocycles. The van der Waals surface area contributed by atoms with Crippen LogP contribution in [0.3, 0.4) is 0 Å². The number of amides is 2. The summed E-state index contributed by atoms with van der Waals surface area (Å²) in [4.78, 5) is 49.6. The first-order chi connectivity index (χ1) is 15.4. The predicted molar refractivity (Wildman–Crippen MR) is 110 cm³/mol. The SMILES string of the molecule is CCN(C)C(=O)c1cnn2c1CN(C(=O)c1cccc(=O)n1C)CCC2.O=C(O)C(F)(F)F. The molecular formula is C20H24F3N5O5. The monoisotopic (exact) mass is 471 g/mol. The van der Waals surface area contributed by atoms with Gasteiger partial charge in [0.2, 0.25) is 0 Å². The number of hydrogen-bond donors (Lipinski definition) is 1. The molecule has 2 aromatic heterocycles. The first kappa shape index (κ1) is 25.6. The second-order valence-corrected chi connectivity index (χ2v) is 7.24. The molecule has 1 N–H and O–H groups in total. The van der Waals surface area contributed by atoms with E-state index < -0.39 is 12.1 Å². The van der Waals surface area contributed by atoms with Crippen molar-refractivity contribution in [2.75, 3.05) is 20.1 Å². The van der Waals surface area contributed by atoms with Crippen molar-refractivity contribution in [3.05, 3.63) is 51.7 Å². The Hall–Kier alpha value is -3.64. The van der Waals surface area contributed by atoms with Gasteiger partial charge in [-0.3, -0.25) is 19.1 Å². The number of pyridine rings is 1. The Labute approximate surface area is 186 Å². The minimum absolute atomic E-state index is 0.102. The number of aryl methyl sites for hydroxylation is 1. The highest BCUT2D eigenvalue weighted by Gasteiger charge is 2.38. The number of carbonyl (C=O) groups is 3. The first-order valence-corrected chi connectivity index (χ1v) is 9.94. The molecule has 0 radical (unpaired) electrons. The molecule has 0 spiro atoms. The molecule has 0 fully saturated rings. The number of nitrogens with zero attached hydrogens (tertiary/aromatic N) is 5. The molecule has 2 amide bonds. The maximum absolute atomic E-state index is 13.0. The average Bonchev–Trinajstić information content (AvgIpc) is 3.03. The summed E-state index contributed by atoms with van der Waals surface area (Å²) in [6, 6.07) is 4.65. The molecule has 33 heavy (non-hydrogen) atoms. The third-order valence-corrected chi connectivity index (χ3v) is 5.07. The third kappa shape index (κ3) is 5.99. The third-order valence-electron chi connectivity index (χ3n) is 5.07. The lowest BCUT2D eigenvalue weighted by molar-refractivity contribution is -0.192. The van der Waals surface area contributed by atoms with Gasteiger partial charge in [-0.2, -0.15) is 18.3 Å². The fourth-order valence-electron chi connectivity index (χ4n) is 3.08. The molecule has 3 heterocycles. The zero-order valence-electron chi connectivity index (χ0n) is 18.3. The van der Waals surface area contributed by atoms with Crippen molar-refractivity contribution in [1.82, 2.24) is 24.1 Å². The Kier molecular flexibility index (Phi) is 8.01. The van der Waals surface area contributed by atoms with Crippen molar-refractivity contribution in [1.29, 1.82) is 0 Å². The zero-order chi connectivity index (χ0) is 24.9. The molecule has 1 aliphatic heterocycles. The number of aliphatic carboxylic acids is 1. The van der Waals surface area contributed by atoms with Crippen molar-refractivity contribution in [2.45, 2.75) is 32.6 Å². The van der Waals surface area contributed by atoms with Crippen molar-refractivity contribution in [3.63, 3.8) is 0 Å². The predicted octanol–water partition coefficient (Wildman–Crippen LogP) is 1.35. The van der Waals surface area contributed by atoms with Crippen molar-refractivity contribution in [2.24, 2.45) is 7.05 Å². The van der Waals surface area contributed by atoms with Crippen molar-refractivity contribution < 1.29 is 32.7 Å². The second kappa shape index (κ2) is 10.3. The van der Waals surface area contributed by atoms with E-state index >= 15 is 0 Å². The van der Waals surface area contributed by atoms with Gasteiger partial charge in [0, 0.05) is 39.8 Å². The van der Waals surface area contributed by atoms with Gasteiger partial charge in [0.25, 0.3) is 17.4 Å². The summed E-state index contributed by atoms with van der Waals surface area (Å²) >= 11 is 0. The number of hydrogen-bond acceptors (Lipinski definition) is 5. The molecule has 180 valence electrons. The lowest BCUT2D eigenvalue weighted by Crippen LogP contribution is -2.35. The highest BCUT2D eigenvalue weighted by Crippen LogP contribution is 2.19. The minimum atomic E-state index is -5.08. The van der Waals surface area contributed by atoms with Gasteiger partial charge >= 0.3 is 12.1 Å². The highest BCUT2D eigenvalue weighted by atomic mass is 19.4. The van der Waals surface area contributed by atoms with Crippen LogP contribution in [0, 0.1) is 0 Å². The summed E-state index contributed by atoms with van der Waals surface area (Å²) < 4.78 is 34.9. The van der Waals surface area contributed by atoms with E-state index in [1.165, 1.54) is 10.6 Å². The van der Waals surface area contributed by atoms with Crippen LogP contribution in [0.25, 0.3) is 0 Å². The molecule has 0 atom stereocenters. The van der Waals surface area contributed by atoms with E-state index in [4.69, 9.17) is 9.90 Å². The molecule has 0 aliphatic carbocycles. The Balaban J connectivity index is 0.000000479. The number of carboxylic acids is 1. The van der Waals surface area contributed by atoms with Gasteiger partial charge in [-0.1, -0.05) is 6.07 Å². The minimum Gasteiger partial charge on any atom is -0.475 e. The van der Waals surface area contributed by atoms with Gasteiger partial charge in [-0.25, -0.2) is 4.79 Å². The van der Waals surface area contributed by atoms with Crippen LogP contribution < -0.4 is 5.56 Å². The molecule has 10 nitrogen and oxygen atoms in total. The summed E-state index contributed by atoms with van der Waals surface area (Å²) in [5.41, 5.74) is 1.37. The smallest absolute Gasteiger partial charge is 0.475 e. The zero-order valence-corrected chi connectivity index (χ0v) is 18.3. The number of halogens is 3. The fourth-order valence-corrected chi connectivity index (χ4v) is 3.08. The van der Waals surface area contributed by atoms with Crippen LogP contribution in [-0.2, 0) is 24.9 Å². The number of carbonyl (C=O) groups excluding carboxylic acids is 2. The first-order valence-electron chi connectivity index (χ1n) is 9.94. The maximum Gasteiger partial charge on any atom is 0.490 e. The molecular weight excluding hydrogens is 447 g/mol. The average molecular weight is 471 g/mol. The number of carboxylic acid groups (broad SMARTS) is 1. The largest absolute Gasteiger partial charge is 0.490 e. The number of alkyl halides is 3. The van der Waals surface area contributed by atoms with E-state index in [0.717, 1.165) is 12.1 Å². The van der Waals surface area contributed by atoms with Crippen LogP contribution in [0.5, 0.6) is 0 Å². The molecule has 2 aromatic rings. The van der Waals surface area contributed by atoms with Crippen LogP contribution in [0.2, 0.25) is 0 Å². The van der Waals surface area contributed by atoms with Gasteiger partial charge in [0.15, 0.2) is 0 Å². The Morgan fingerprint density at radius 3 is 2.42 bits per heavy atom. The maximum atomic E-state index is 13.0. The van der Waals surface area contributed by atoms with E-state index in [-0.39, 0.29) is 17.4 Å². The second-order valence-electron chi connectivity index (χ2n) is 7.24. The van der Waals surface area contributed by atoms with Gasteiger partial charge < -0.3 is 19.5 Å². The molecule has 0 saturated carbocycles. The summed E-state index contributed by atoms with van der Waals surface area (Å²) in [6.07, 6.45) is -2.77. The van der Waals surface area contributed by atoms with Crippen molar-refractivity contribution >= 4 is 17.8 Å². The van der Waals surface area contributed by atoms with Crippen LogP contribution in [-0.4, -0.2) is 73.4 Å². The summed E-state index contributed by atoms with van der Waals surface area (Å²) in [5, 5.41) is 11.5. The van der Waals surface area contributed by atoms with Crippen LogP contribution in [0.15, 0.2) is 29.2 Å². The topological polar surface area (TPSA) is 118 Å². The van der Waals surface area contributed by atoms with Gasteiger partial charge in [-0.05, 0) is 19.4 Å². The Morgan fingerprint density at radius 2 is 1.85 bits per heavy atom. The number of fused-ring (bicyclic) bond motifs is 1. The summed E-state index contributed by atoms with van der Waals surface area (Å²) in [5.74, 6) is -3.08. The van der Waals surface area contributed by atoms with E-state index in [1.54, 1.807) is 46.9 Å². The van der Waals surface area contributed by atoms with Crippen LogP contribution in [0.1, 0.15) is 39.9 Å². The van der Waals surface area contributed by atoms with E-state index in [2.05, 4.69) is 5.10 Å². The normalized spacial score (nSPS) is 13.3. The van der Waals surface area contributed by atoms with Gasteiger partial charge in [-0.15, -0.1) is 0 Å². The van der Waals surface area contributed by atoms with Crippen LogP contribution in [0.4, 0.5) is 13.2 Å². The van der Waals surface area contributed by atoms with Crippen molar-refractivity contribution in [3.8, 4) is 0 Å². The number of aromatic nitrogens is 3. The highest BCUT2D eigenvalue weighted by molar-refractivity contribution is 5.96. The summed E-state index contributed by atoms with van der Waals surface area (Å²) in [7, 11) is 3.33. The van der Waals surface area contributed by atoms with Gasteiger partial charge in [0.1, 0.15) is 5.69 Å². The van der Waals surface area contributed by atoms with E-state index in [1.807, 2.05) is 6.92 Å². The quantitative estimate of drug-likeness (QED) is 0.722. The van der Waals surface area contributed by atoms with E-state index in [0.29, 0.717) is 37.4 Å². The van der Waals surface area contributed by atoms with Gasteiger partial charge in [0.05, 0.1) is 24.0 Å². The molecule has 13 heteroatoms. The molecule has 0 unspecified atom stereocenters. The summed E-state index contributed by atoms with van der Waals surface area (Å²) in [6.45, 7) is 3.99. The number of rotatable bonds is 3. The molecule has 3 rings (SSSR count). The fraction of sp³-hybridized carbons (Fsp3) is 0.450. The molecule has 0 aromatic carbocycles. The standard InChI is InChI=1S/C18H23N5O3.C2HF3O2/c1-4-20(2)17(25)13-11-19-23-10-6-9-22(12-15(13)23)18(26)14-7-5-8-16(24)21(14)3;3-2(4,5)1(6)7/h5,7-8,11H,4,6,9-10,12H2,1-3H3;(H,6,7). The van der Waals surface area contributed by atoms with Crippen LogP contribution >= 0.6 is 0 Å². The molecule has 1 aliphatic rings. The lowest BCUT2D eigenvalue weighted by Gasteiger charge is -2.22.